The predicted octanol–water partition coefficient (Wildman–Crippen LogP) is 1.76. The molecular weight excluding hydrogens is 372 g/mol. The topological polar surface area (TPSA) is 94.2 Å². The molecule has 8 nitrogen and oxygen atoms in total. The first-order valence-corrected chi connectivity index (χ1v) is 10.0. The summed E-state index contributed by atoms with van der Waals surface area (Å²) < 4.78 is 43.0. The first kappa shape index (κ1) is 21.0. The molecule has 0 spiro atoms. The van der Waals surface area contributed by atoms with Gasteiger partial charge in [-0.2, -0.15) is 0 Å². The van der Waals surface area contributed by atoms with Crippen molar-refractivity contribution in [3.8, 4) is 11.5 Å². The summed E-state index contributed by atoms with van der Waals surface area (Å²) in [6.07, 6.45) is 0.591. The predicted molar refractivity (Wildman–Crippen MR) is 104 cm³/mol. The van der Waals surface area contributed by atoms with Crippen LogP contribution in [0.15, 0.2) is 17.0 Å². The van der Waals surface area contributed by atoms with Gasteiger partial charge >= 0.3 is 0 Å². The molecule has 0 saturated heterocycles. The van der Waals surface area contributed by atoms with Crippen LogP contribution in [0.5, 0.6) is 11.5 Å². The Labute approximate surface area is 160 Å². The van der Waals surface area contributed by atoms with Crippen molar-refractivity contribution < 1.29 is 27.4 Å². The number of nitrogens with zero attached hydrogens (tertiary/aromatic N) is 1. The lowest BCUT2D eigenvalue weighted by Crippen LogP contribution is -2.41. The molecule has 1 aliphatic rings. The minimum atomic E-state index is -3.99. The maximum absolute atomic E-state index is 13.1. The van der Waals surface area contributed by atoms with Crippen LogP contribution in [-0.4, -0.2) is 55.4 Å². The maximum Gasteiger partial charge on any atom is 0.270 e. The molecule has 1 N–H and O–H groups in total. The summed E-state index contributed by atoms with van der Waals surface area (Å²) in [7, 11) is 0.566. The van der Waals surface area contributed by atoms with Gasteiger partial charge in [-0.3, -0.25) is 9.10 Å². The number of benzene rings is 1. The fourth-order valence-corrected chi connectivity index (χ4v) is 4.83. The molecule has 1 aliphatic heterocycles. The first-order chi connectivity index (χ1) is 12.8. The summed E-state index contributed by atoms with van der Waals surface area (Å²) in [5, 5.41) is 2.66. The van der Waals surface area contributed by atoms with Gasteiger partial charge < -0.3 is 19.5 Å². The number of hydrogen-bond acceptors (Lipinski definition) is 6. The van der Waals surface area contributed by atoms with Crippen LogP contribution in [0.4, 0.5) is 5.69 Å². The number of hydrogen-bond donors (Lipinski definition) is 1. The largest absolute Gasteiger partial charge is 0.493 e. The molecule has 1 amide bonds. The number of fused-ring (bicyclic) bond motifs is 1. The van der Waals surface area contributed by atoms with Crippen LogP contribution in [0.1, 0.15) is 25.8 Å². The minimum Gasteiger partial charge on any atom is -0.493 e. The molecule has 0 radical (unpaired) electrons. The highest BCUT2D eigenvalue weighted by molar-refractivity contribution is 7.97. The second kappa shape index (κ2) is 8.62. The highest BCUT2D eigenvalue weighted by atomic mass is 32.2. The second-order valence-corrected chi connectivity index (χ2v) is 7.75. The Hall–Kier alpha value is -2.26. The molecule has 0 atom stereocenters. The quantitative estimate of drug-likeness (QED) is 0.671. The Morgan fingerprint density at radius 3 is 2.33 bits per heavy atom. The number of carbonyl (C=O) groups is 1. The van der Waals surface area contributed by atoms with Crippen molar-refractivity contribution in [1.29, 1.82) is 0 Å². The molecule has 9 heteroatoms. The molecule has 27 heavy (non-hydrogen) atoms. The fraction of sp³-hybridized carbons (Fsp3) is 0.500. The fourth-order valence-electron chi connectivity index (χ4n) is 3.06. The minimum absolute atomic E-state index is 0.179. The van der Waals surface area contributed by atoms with Gasteiger partial charge in [0, 0.05) is 38.4 Å². The number of anilines is 1. The SMILES string of the molecule is CCN1c2cc(OC)c(OC)cc2C(C)=C(C(=O)NCCCOC)S1(=O)=O. The second-order valence-electron chi connectivity index (χ2n) is 5.95. The third-order valence-electron chi connectivity index (χ3n) is 4.37. The number of nitrogens with one attached hydrogen (secondary N) is 1. The highest BCUT2D eigenvalue weighted by Crippen LogP contribution is 2.44. The molecule has 1 aromatic rings. The molecule has 0 unspecified atom stereocenters. The smallest absolute Gasteiger partial charge is 0.270 e. The highest BCUT2D eigenvalue weighted by Gasteiger charge is 2.39. The van der Waals surface area contributed by atoms with Crippen LogP contribution in [0.3, 0.4) is 0 Å². The Balaban J connectivity index is 2.58. The average molecular weight is 398 g/mol. The van der Waals surface area contributed by atoms with Gasteiger partial charge in [0.1, 0.15) is 0 Å². The van der Waals surface area contributed by atoms with Crippen molar-refractivity contribution in [3.05, 3.63) is 22.6 Å². The number of sulfonamides is 1. The molecule has 2 rings (SSSR count). The number of carbonyl (C=O) groups excluding carboxylic acids is 1. The third kappa shape index (κ3) is 3.89. The van der Waals surface area contributed by atoms with Crippen LogP contribution in [-0.2, 0) is 19.6 Å². The van der Waals surface area contributed by atoms with Gasteiger partial charge in [0.15, 0.2) is 16.4 Å². The van der Waals surface area contributed by atoms with Gasteiger partial charge in [-0.05, 0) is 31.9 Å². The van der Waals surface area contributed by atoms with E-state index in [1.54, 1.807) is 33.1 Å². The van der Waals surface area contributed by atoms with E-state index in [0.29, 0.717) is 47.9 Å². The van der Waals surface area contributed by atoms with E-state index in [9.17, 15) is 13.2 Å². The Kier molecular flexibility index (Phi) is 6.72. The van der Waals surface area contributed by atoms with Gasteiger partial charge in [-0.1, -0.05) is 0 Å². The summed E-state index contributed by atoms with van der Waals surface area (Å²) in [5.74, 6) is 0.262. The van der Waals surface area contributed by atoms with E-state index in [0.717, 1.165) is 0 Å². The van der Waals surface area contributed by atoms with Gasteiger partial charge in [-0.15, -0.1) is 0 Å². The standard InChI is InChI=1S/C18H26N2O6S/c1-6-20-14-11-16(26-5)15(25-4)10-13(14)12(2)17(27(20,22)23)18(21)19-8-7-9-24-3/h10-11H,6-9H2,1-5H3,(H,19,21). The Morgan fingerprint density at radius 2 is 1.78 bits per heavy atom. The molecular formula is C18H26N2O6S. The first-order valence-electron chi connectivity index (χ1n) is 8.60. The van der Waals surface area contributed by atoms with Crippen LogP contribution in [0.25, 0.3) is 5.57 Å². The van der Waals surface area contributed by atoms with Gasteiger partial charge in [0.2, 0.25) is 0 Å². The molecule has 0 fully saturated rings. The van der Waals surface area contributed by atoms with Gasteiger partial charge in [0.25, 0.3) is 15.9 Å². The van der Waals surface area contributed by atoms with Gasteiger partial charge in [-0.25, -0.2) is 8.42 Å². The summed E-state index contributed by atoms with van der Waals surface area (Å²) in [6.45, 7) is 4.32. The number of ether oxygens (including phenoxy) is 3. The molecule has 150 valence electrons. The van der Waals surface area contributed by atoms with Crippen molar-refractivity contribution >= 4 is 27.2 Å². The Morgan fingerprint density at radius 1 is 1.15 bits per heavy atom. The van der Waals surface area contributed by atoms with Crippen molar-refractivity contribution in [2.24, 2.45) is 0 Å². The molecule has 1 aromatic carbocycles. The molecule has 1 heterocycles. The normalized spacial score (nSPS) is 15.4. The van der Waals surface area contributed by atoms with Crippen molar-refractivity contribution in [2.45, 2.75) is 20.3 Å². The summed E-state index contributed by atoms with van der Waals surface area (Å²) in [6, 6.07) is 3.31. The van der Waals surface area contributed by atoms with E-state index < -0.39 is 15.9 Å². The maximum atomic E-state index is 13.1. The van der Waals surface area contributed by atoms with Crippen LogP contribution >= 0.6 is 0 Å². The zero-order valence-corrected chi connectivity index (χ0v) is 17.1. The van der Waals surface area contributed by atoms with E-state index in [1.807, 2.05) is 0 Å². The van der Waals surface area contributed by atoms with Crippen LogP contribution in [0.2, 0.25) is 0 Å². The van der Waals surface area contributed by atoms with Crippen molar-refractivity contribution in [1.82, 2.24) is 5.32 Å². The van der Waals surface area contributed by atoms with E-state index in [2.05, 4.69) is 5.32 Å². The monoisotopic (exact) mass is 398 g/mol. The lowest BCUT2D eigenvalue weighted by molar-refractivity contribution is -0.116. The van der Waals surface area contributed by atoms with Crippen LogP contribution in [0, 0.1) is 0 Å². The zero-order valence-electron chi connectivity index (χ0n) is 16.3. The molecule has 0 aliphatic carbocycles. The lowest BCUT2D eigenvalue weighted by Gasteiger charge is -2.32. The average Bonchev–Trinajstić information content (AvgIpc) is 2.64. The van der Waals surface area contributed by atoms with E-state index in [1.165, 1.54) is 18.5 Å². The number of amides is 1. The van der Waals surface area contributed by atoms with E-state index in [-0.39, 0.29) is 11.4 Å². The van der Waals surface area contributed by atoms with Crippen molar-refractivity contribution in [2.75, 3.05) is 45.3 Å². The Bertz CT molecular complexity index is 848. The third-order valence-corrected chi connectivity index (χ3v) is 6.41. The number of allylic oxidation sites excluding steroid dienone is 1. The summed E-state index contributed by atoms with van der Waals surface area (Å²) in [5.41, 5.74) is 1.45. The van der Waals surface area contributed by atoms with E-state index >= 15 is 0 Å². The summed E-state index contributed by atoms with van der Waals surface area (Å²) in [4.78, 5) is 12.4. The number of methoxy groups -OCH3 is 3. The molecule has 0 saturated carbocycles. The van der Waals surface area contributed by atoms with Crippen LogP contribution < -0.4 is 19.1 Å². The van der Waals surface area contributed by atoms with E-state index in [4.69, 9.17) is 14.2 Å². The molecule has 0 bridgehead atoms. The summed E-state index contributed by atoms with van der Waals surface area (Å²) >= 11 is 0. The van der Waals surface area contributed by atoms with Crippen molar-refractivity contribution in [3.63, 3.8) is 0 Å². The molecule has 0 aromatic heterocycles. The number of rotatable bonds is 8. The zero-order chi connectivity index (χ0) is 20.2. The lowest BCUT2D eigenvalue weighted by atomic mass is 10.0. The van der Waals surface area contributed by atoms with Gasteiger partial charge in [0.05, 0.1) is 19.9 Å².